The molecule has 0 aliphatic heterocycles. The van der Waals surface area contributed by atoms with Gasteiger partial charge < -0.3 is 10.1 Å². The number of alkyl halides is 3. The standard InChI is InChI=1S/C11H6F3NO3/c12-11(13,14)5-1-2-6-7(9(16)10(17)18)4-15-8(6)3-5/h1-4,15H,(H,17,18). The fourth-order valence-corrected chi connectivity index (χ4v) is 1.61. The topological polar surface area (TPSA) is 70.2 Å². The molecular weight excluding hydrogens is 251 g/mol. The second-order valence-electron chi connectivity index (χ2n) is 3.59. The van der Waals surface area contributed by atoms with E-state index in [2.05, 4.69) is 4.98 Å². The van der Waals surface area contributed by atoms with Crippen molar-refractivity contribution in [1.29, 1.82) is 0 Å². The summed E-state index contributed by atoms with van der Waals surface area (Å²) in [6.45, 7) is 0. The second-order valence-corrected chi connectivity index (χ2v) is 3.59. The molecule has 1 aromatic carbocycles. The van der Waals surface area contributed by atoms with Crippen molar-refractivity contribution in [3.63, 3.8) is 0 Å². The molecule has 0 saturated carbocycles. The van der Waals surface area contributed by atoms with Crippen molar-refractivity contribution in [2.45, 2.75) is 6.18 Å². The van der Waals surface area contributed by atoms with Gasteiger partial charge in [0.15, 0.2) is 0 Å². The van der Waals surface area contributed by atoms with Crippen LogP contribution in [0.25, 0.3) is 10.9 Å². The normalized spacial score (nSPS) is 11.7. The molecule has 94 valence electrons. The Morgan fingerprint density at radius 1 is 1.22 bits per heavy atom. The number of carboxylic acids is 1. The van der Waals surface area contributed by atoms with Crippen LogP contribution < -0.4 is 0 Å². The van der Waals surface area contributed by atoms with E-state index in [1.54, 1.807) is 0 Å². The molecule has 4 nitrogen and oxygen atoms in total. The molecule has 0 unspecified atom stereocenters. The molecule has 0 spiro atoms. The third kappa shape index (κ3) is 1.94. The van der Waals surface area contributed by atoms with E-state index < -0.39 is 23.5 Å². The van der Waals surface area contributed by atoms with Gasteiger partial charge in [0, 0.05) is 17.1 Å². The van der Waals surface area contributed by atoms with Gasteiger partial charge in [-0.25, -0.2) is 4.79 Å². The number of aromatic amines is 1. The van der Waals surface area contributed by atoms with E-state index >= 15 is 0 Å². The summed E-state index contributed by atoms with van der Waals surface area (Å²) in [5.74, 6) is -2.82. The van der Waals surface area contributed by atoms with Crippen molar-refractivity contribution < 1.29 is 27.9 Å². The molecule has 1 heterocycles. The molecule has 2 rings (SSSR count). The zero-order chi connectivity index (χ0) is 13.5. The second kappa shape index (κ2) is 3.86. The average molecular weight is 257 g/mol. The molecule has 1 aromatic heterocycles. The molecule has 7 heteroatoms. The van der Waals surface area contributed by atoms with Crippen molar-refractivity contribution in [3.05, 3.63) is 35.5 Å². The largest absolute Gasteiger partial charge is 0.475 e. The summed E-state index contributed by atoms with van der Waals surface area (Å²) < 4.78 is 37.3. The van der Waals surface area contributed by atoms with Crippen molar-refractivity contribution in [1.82, 2.24) is 4.98 Å². The molecule has 0 radical (unpaired) electrons. The van der Waals surface area contributed by atoms with Crippen molar-refractivity contribution >= 4 is 22.7 Å². The van der Waals surface area contributed by atoms with Gasteiger partial charge in [-0.05, 0) is 12.1 Å². The first-order chi connectivity index (χ1) is 8.30. The summed E-state index contributed by atoms with van der Waals surface area (Å²) >= 11 is 0. The van der Waals surface area contributed by atoms with Crippen LogP contribution in [0.15, 0.2) is 24.4 Å². The molecule has 0 fully saturated rings. The number of carbonyl (C=O) groups is 2. The maximum atomic E-state index is 12.4. The number of aliphatic carboxylic acids is 1. The van der Waals surface area contributed by atoms with Gasteiger partial charge in [-0.2, -0.15) is 13.2 Å². The number of hydrogen-bond donors (Lipinski definition) is 2. The predicted molar refractivity (Wildman–Crippen MR) is 55.3 cm³/mol. The minimum atomic E-state index is -4.49. The Labute approximate surface area is 98.0 Å². The van der Waals surface area contributed by atoms with E-state index in [-0.39, 0.29) is 16.5 Å². The minimum Gasteiger partial charge on any atom is -0.475 e. The van der Waals surface area contributed by atoms with E-state index in [0.29, 0.717) is 0 Å². The van der Waals surface area contributed by atoms with E-state index in [0.717, 1.165) is 24.4 Å². The van der Waals surface area contributed by atoms with Crippen LogP contribution in [0.2, 0.25) is 0 Å². The molecule has 2 N–H and O–H groups in total. The fourth-order valence-electron chi connectivity index (χ4n) is 1.61. The molecular formula is C11H6F3NO3. The van der Waals surface area contributed by atoms with Gasteiger partial charge >= 0.3 is 12.1 Å². The maximum Gasteiger partial charge on any atom is 0.416 e. The minimum absolute atomic E-state index is 0.0643. The number of carboxylic acid groups (broad SMARTS) is 1. The number of fused-ring (bicyclic) bond motifs is 1. The predicted octanol–water partition coefficient (Wildman–Crippen LogP) is 2.45. The lowest BCUT2D eigenvalue weighted by Gasteiger charge is -2.05. The van der Waals surface area contributed by atoms with Crippen LogP contribution >= 0.6 is 0 Å². The maximum absolute atomic E-state index is 12.4. The number of carbonyl (C=O) groups excluding carboxylic acids is 1. The summed E-state index contributed by atoms with van der Waals surface area (Å²) in [5.41, 5.74) is -0.966. The van der Waals surface area contributed by atoms with Gasteiger partial charge in [-0.15, -0.1) is 0 Å². The Morgan fingerprint density at radius 2 is 1.89 bits per heavy atom. The molecule has 0 aliphatic carbocycles. The van der Waals surface area contributed by atoms with Crippen LogP contribution in [-0.4, -0.2) is 21.8 Å². The van der Waals surface area contributed by atoms with Crippen LogP contribution in [-0.2, 0) is 11.0 Å². The van der Waals surface area contributed by atoms with E-state index in [1.807, 2.05) is 0 Å². The van der Waals surface area contributed by atoms with Crippen LogP contribution in [0.4, 0.5) is 13.2 Å². The molecule has 0 atom stereocenters. The van der Waals surface area contributed by atoms with Crippen LogP contribution in [0.1, 0.15) is 15.9 Å². The Hall–Kier alpha value is -2.31. The van der Waals surface area contributed by atoms with E-state index in [4.69, 9.17) is 5.11 Å². The summed E-state index contributed by atoms with van der Waals surface area (Å²) in [4.78, 5) is 24.2. The third-order valence-corrected chi connectivity index (χ3v) is 2.45. The monoisotopic (exact) mass is 257 g/mol. The van der Waals surface area contributed by atoms with Crippen molar-refractivity contribution in [3.8, 4) is 0 Å². The van der Waals surface area contributed by atoms with Crippen LogP contribution in [0.5, 0.6) is 0 Å². The average Bonchev–Trinajstić information content (AvgIpc) is 2.69. The summed E-state index contributed by atoms with van der Waals surface area (Å²) in [7, 11) is 0. The van der Waals surface area contributed by atoms with Gasteiger partial charge in [-0.1, -0.05) is 6.07 Å². The lowest BCUT2D eigenvalue weighted by molar-refractivity contribution is -0.137. The van der Waals surface area contributed by atoms with E-state index in [9.17, 15) is 22.8 Å². The highest BCUT2D eigenvalue weighted by atomic mass is 19.4. The quantitative estimate of drug-likeness (QED) is 0.641. The zero-order valence-corrected chi connectivity index (χ0v) is 8.71. The number of Topliss-reactive ketones (excluding diaryl/α,β-unsaturated/α-hetero) is 1. The lowest BCUT2D eigenvalue weighted by Crippen LogP contribution is -2.12. The first-order valence-corrected chi connectivity index (χ1v) is 4.76. The molecule has 0 saturated heterocycles. The third-order valence-electron chi connectivity index (χ3n) is 2.45. The number of nitrogens with one attached hydrogen (secondary N) is 1. The van der Waals surface area contributed by atoms with Crippen molar-refractivity contribution in [2.24, 2.45) is 0 Å². The molecule has 0 bridgehead atoms. The van der Waals surface area contributed by atoms with Crippen LogP contribution in [0.3, 0.4) is 0 Å². The summed E-state index contributed by atoms with van der Waals surface area (Å²) in [6.07, 6.45) is -3.41. The number of rotatable bonds is 2. The van der Waals surface area contributed by atoms with Crippen LogP contribution in [0, 0.1) is 0 Å². The van der Waals surface area contributed by atoms with Gasteiger partial charge in [0.2, 0.25) is 0 Å². The summed E-state index contributed by atoms with van der Waals surface area (Å²) in [6, 6.07) is 2.70. The number of halogens is 3. The molecule has 0 amide bonds. The van der Waals surface area contributed by atoms with E-state index in [1.165, 1.54) is 0 Å². The van der Waals surface area contributed by atoms with Gasteiger partial charge in [0.05, 0.1) is 11.1 Å². The number of benzene rings is 1. The number of aromatic nitrogens is 1. The smallest absolute Gasteiger partial charge is 0.416 e. The Balaban J connectivity index is 2.57. The number of hydrogen-bond acceptors (Lipinski definition) is 2. The van der Waals surface area contributed by atoms with Gasteiger partial charge in [0.25, 0.3) is 5.78 Å². The number of ketones is 1. The zero-order valence-electron chi connectivity index (χ0n) is 8.71. The van der Waals surface area contributed by atoms with Crippen molar-refractivity contribution in [2.75, 3.05) is 0 Å². The molecule has 2 aromatic rings. The first kappa shape index (κ1) is 12.2. The highest BCUT2D eigenvalue weighted by molar-refractivity contribution is 6.42. The SMILES string of the molecule is O=C(O)C(=O)c1c[nH]c2cc(C(F)(F)F)ccc12. The Kier molecular flexibility index (Phi) is 2.61. The lowest BCUT2D eigenvalue weighted by atomic mass is 10.1. The Morgan fingerprint density at radius 3 is 2.44 bits per heavy atom. The Bertz CT molecular complexity index is 643. The molecule has 0 aliphatic rings. The fraction of sp³-hybridized carbons (Fsp3) is 0.0909. The highest BCUT2D eigenvalue weighted by Gasteiger charge is 2.31. The first-order valence-electron chi connectivity index (χ1n) is 4.76. The number of H-pyrrole nitrogens is 1. The van der Waals surface area contributed by atoms with Gasteiger partial charge in [0.1, 0.15) is 0 Å². The highest BCUT2D eigenvalue weighted by Crippen LogP contribution is 2.32. The van der Waals surface area contributed by atoms with Gasteiger partial charge in [-0.3, -0.25) is 4.79 Å². The summed E-state index contributed by atoms with van der Waals surface area (Å²) in [5, 5.41) is 8.70. The molecule has 18 heavy (non-hydrogen) atoms.